The Morgan fingerprint density at radius 3 is 2.62 bits per heavy atom. The summed E-state index contributed by atoms with van der Waals surface area (Å²) >= 11 is 0. The minimum absolute atomic E-state index is 0.0243. The van der Waals surface area contributed by atoms with Gasteiger partial charge in [0.25, 0.3) is 5.56 Å². The lowest BCUT2D eigenvalue weighted by molar-refractivity contribution is 0.0468. The van der Waals surface area contributed by atoms with E-state index in [1.807, 2.05) is 13.0 Å². The zero-order valence-corrected chi connectivity index (χ0v) is 20.4. The lowest BCUT2D eigenvalue weighted by atomic mass is 9.90. The standard InChI is InChI=1S/C26H36N6O2/c1-18-14-19(2)23-20(15-18)16-21(24(34)27-23)17-31(12-13-33)26(10-6-7-11-26)25-28-29-30-32(25)22-8-4-3-5-9-22/h14-16,22,33H,3-13,17H2,1-2H3,(H,27,34). The predicted molar refractivity (Wildman–Crippen MR) is 132 cm³/mol. The van der Waals surface area contributed by atoms with E-state index in [0.717, 1.165) is 60.8 Å². The number of tetrazole rings is 1. The molecule has 2 aliphatic carbocycles. The van der Waals surface area contributed by atoms with E-state index >= 15 is 0 Å². The molecule has 182 valence electrons. The topological polar surface area (TPSA) is 99.9 Å². The molecule has 0 unspecified atom stereocenters. The zero-order valence-electron chi connectivity index (χ0n) is 20.4. The van der Waals surface area contributed by atoms with E-state index < -0.39 is 0 Å². The van der Waals surface area contributed by atoms with E-state index in [2.05, 4.69) is 49.1 Å². The first-order valence-corrected chi connectivity index (χ1v) is 12.8. The number of aryl methyl sites for hydroxylation is 2. The third-order valence-electron chi connectivity index (χ3n) is 7.97. The largest absolute Gasteiger partial charge is 0.395 e. The molecule has 34 heavy (non-hydrogen) atoms. The normalized spacial score (nSPS) is 18.8. The van der Waals surface area contributed by atoms with Gasteiger partial charge in [0.05, 0.1) is 23.7 Å². The fraction of sp³-hybridized carbons (Fsp3) is 0.615. The highest BCUT2D eigenvalue weighted by Crippen LogP contribution is 2.45. The number of nitrogens with zero attached hydrogens (tertiary/aromatic N) is 5. The van der Waals surface area contributed by atoms with Crippen LogP contribution in [-0.4, -0.2) is 48.3 Å². The number of aromatic nitrogens is 5. The van der Waals surface area contributed by atoms with Gasteiger partial charge in [-0.25, -0.2) is 4.68 Å². The highest BCUT2D eigenvalue weighted by Gasteiger charge is 2.46. The molecule has 2 aromatic heterocycles. The van der Waals surface area contributed by atoms with Crippen molar-refractivity contribution >= 4 is 10.9 Å². The van der Waals surface area contributed by atoms with Crippen LogP contribution in [0.2, 0.25) is 0 Å². The van der Waals surface area contributed by atoms with Gasteiger partial charge in [-0.1, -0.05) is 43.7 Å². The Morgan fingerprint density at radius 2 is 1.88 bits per heavy atom. The highest BCUT2D eigenvalue weighted by atomic mass is 16.3. The van der Waals surface area contributed by atoms with Gasteiger partial charge in [0.2, 0.25) is 0 Å². The molecule has 2 N–H and O–H groups in total. The summed E-state index contributed by atoms with van der Waals surface area (Å²) in [6, 6.07) is 6.56. The molecule has 8 heteroatoms. The zero-order chi connectivity index (χ0) is 23.7. The molecule has 0 bridgehead atoms. The van der Waals surface area contributed by atoms with Crippen molar-refractivity contribution in [3.8, 4) is 0 Å². The molecule has 2 fully saturated rings. The molecule has 0 atom stereocenters. The monoisotopic (exact) mass is 464 g/mol. The molecule has 5 rings (SSSR count). The summed E-state index contributed by atoms with van der Waals surface area (Å²) in [6.07, 6.45) is 9.96. The first-order valence-electron chi connectivity index (χ1n) is 12.8. The van der Waals surface area contributed by atoms with Gasteiger partial charge in [0.15, 0.2) is 5.82 Å². The van der Waals surface area contributed by atoms with Crippen LogP contribution in [0.15, 0.2) is 23.0 Å². The van der Waals surface area contributed by atoms with E-state index in [1.165, 1.54) is 24.8 Å². The van der Waals surface area contributed by atoms with Crippen LogP contribution < -0.4 is 5.56 Å². The first-order chi connectivity index (χ1) is 16.5. The lowest BCUT2D eigenvalue weighted by Gasteiger charge is -2.41. The maximum absolute atomic E-state index is 13.1. The summed E-state index contributed by atoms with van der Waals surface area (Å²) in [5.74, 6) is 0.911. The fourth-order valence-corrected chi connectivity index (χ4v) is 6.33. The summed E-state index contributed by atoms with van der Waals surface area (Å²) in [4.78, 5) is 18.5. The number of aliphatic hydroxyl groups is 1. The van der Waals surface area contributed by atoms with Crippen LogP contribution in [0.25, 0.3) is 10.9 Å². The third kappa shape index (κ3) is 4.18. The van der Waals surface area contributed by atoms with Gasteiger partial charge in [-0.05, 0) is 73.0 Å². The number of rotatable bonds is 7. The first kappa shape index (κ1) is 23.2. The second-order valence-electron chi connectivity index (χ2n) is 10.3. The van der Waals surface area contributed by atoms with Crippen molar-refractivity contribution in [3.63, 3.8) is 0 Å². The number of hydrogen-bond donors (Lipinski definition) is 2. The number of nitrogens with one attached hydrogen (secondary N) is 1. The Hall–Kier alpha value is -2.58. The van der Waals surface area contributed by atoms with Crippen molar-refractivity contribution < 1.29 is 5.11 Å². The van der Waals surface area contributed by atoms with E-state index in [1.54, 1.807) is 0 Å². The Balaban J connectivity index is 1.55. The van der Waals surface area contributed by atoms with Crippen molar-refractivity contribution in [1.82, 2.24) is 30.1 Å². The smallest absolute Gasteiger partial charge is 0.252 e. The summed E-state index contributed by atoms with van der Waals surface area (Å²) in [5, 5.41) is 24.2. The average Bonchev–Trinajstić information content (AvgIpc) is 3.51. The average molecular weight is 465 g/mol. The van der Waals surface area contributed by atoms with Crippen LogP contribution >= 0.6 is 0 Å². The van der Waals surface area contributed by atoms with Crippen LogP contribution in [0, 0.1) is 13.8 Å². The number of hydrogen-bond acceptors (Lipinski definition) is 6. The molecule has 1 aromatic carbocycles. The quantitative estimate of drug-likeness (QED) is 0.550. The number of fused-ring (bicyclic) bond motifs is 1. The van der Waals surface area contributed by atoms with Gasteiger partial charge in [-0.3, -0.25) is 9.69 Å². The molecule has 8 nitrogen and oxygen atoms in total. The predicted octanol–water partition coefficient (Wildman–Crippen LogP) is 3.90. The van der Waals surface area contributed by atoms with Gasteiger partial charge >= 0.3 is 0 Å². The Morgan fingerprint density at radius 1 is 1.12 bits per heavy atom. The minimum Gasteiger partial charge on any atom is -0.395 e. The van der Waals surface area contributed by atoms with Gasteiger partial charge in [0, 0.05) is 18.7 Å². The maximum atomic E-state index is 13.1. The van der Waals surface area contributed by atoms with Gasteiger partial charge in [0.1, 0.15) is 0 Å². The van der Waals surface area contributed by atoms with E-state index in [4.69, 9.17) is 0 Å². The van der Waals surface area contributed by atoms with Crippen molar-refractivity contribution in [2.75, 3.05) is 13.2 Å². The number of aromatic amines is 1. The molecule has 0 saturated heterocycles. The van der Waals surface area contributed by atoms with Crippen LogP contribution in [0.5, 0.6) is 0 Å². The van der Waals surface area contributed by atoms with E-state index in [-0.39, 0.29) is 17.7 Å². The second kappa shape index (κ2) is 9.58. The molecule has 2 heterocycles. The summed E-state index contributed by atoms with van der Waals surface area (Å²) in [5.41, 5.74) is 3.42. The Bertz CT molecular complexity index is 1200. The van der Waals surface area contributed by atoms with E-state index in [0.29, 0.717) is 24.7 Å². The molecule has 2 saturated carbocycles. The van der Waals surface area contributed by atoms with E-state index in [9.17, 15) is 9.90 Å². The van der Waals surface area contributed by atoms with Gasteiger partial charge < -0.3 is 10.1 Å². The SMILES string of the molecule is Cc1cc(C)c2[nH]c(=O)c(CN(CCO)C3(c4nnnn4C4CCCCC4)CCCC3)cc2c1. The molecule has 0 spiro atoms. The van der Waals surface area contributed by atoms with Crippen molar-refractivity contribution in [3.05, 3.63) is 51.1 Å². The summed E-state index contributed by atoms with van der Waals surface area (Å²) in [7, 11) is 0. The number of benzene rings is 1. The molecule has 0 amide bonds. The second-order valence-corrected chi connectivity index (χ2v) is 10.3. The Labute approximate surface area is 200 Å². The maximum Gasteiger partial charge on any atom is 0.252 e. The van der Waals surface area contributed by atoms with Gasteiger partial charge in [-0.2, -0.15) is 0 Å². The summed E-state index contributed by atoms with van der Waals surface area (Å²) in [6.45, 7) is 5.06. The van der Waals surface area contributed by atoms with Gasteiger partial charge in [-0.15, -0.1) is 5.10 Å². The Kier molecular flexibility index (Phi) is 6.53. The van der Waals surface area contributed by atoms with Crippen LogP contribution in [-0.2, 0) is 12.1 Å². The third-order valence-corrected chi connectivity index (χ3v) is 7.97. The highest BCUT2D eigenvalue weighted by molar-refractivity contribution is 5.82. The molecule has 0 radical (unpaired) electrons. The summed E-state index contributed by atoms with van der Waals surface area (Å²) < 4.78 is 2.08. The van der Waals surface area contributed by atoms with Crippen LogP contribution in [0.1, 0.15) is 86.3 Å². The van der Waals surface area contributed by atoms with Crippen LogP contribution in [0.3, 0.4) is 0 Å². The van der Waals surface area contributed by atoms with Crippen LogP contribution in [0.4, 0.5) is 0 Å². The van der Waals surface area contributed by atoms with Crippen molar-refractivity contribution in [2.24, 2.45) is 0 Å². The number of aliphatic hydroxyl groups excluding tert-OH is 1. The molecule has 3 aromatic rings. The molecule has 0 aliphatic heterocycles. The number of H-pyrrole nitrogens is 1. The minimum atomic E-state index is -0.367. The molecule has 2 aliphatic rings. The van der Waals surface area contributed by atoms with Crippen molar-refractivity contribution in [2.45, 2.75) is 89.8 Å². The molecular formula is C26H36N6O2. The number of pyridine rings is 1. The fourth-order valence-electron chi connectivity index (χ4n) is 6.33. The van der Waals surface area contributed by atoms with Crippen molar-refractivity contribution in [1.29, 1.82) is 0 Å². The lowest BCUT2D eigenvalue weighted by Crippen LogP contribution is -2.48. The molecular weight excluding hydrogens is 428 g/mol.